The smallest absolute Gasteiger partial charge is 0.339 e. The standard InChI is InChI=1S/C13H12BrFN2O2/c1-2-5-17-7-10(13(18)19)12(16-17)9-6-8(14)3-4-11(9)15/h3-4,6-7H,2,5H2,1H3,(H,18,19). The lowest BCUT2D eigenvalue weighted by molar-refractivity contribution is 0.0697. The quantitative estimate of drug-likeness (QED) is 0.934. The van der Waals surface area contributed by atoms with Crippen LogP contribution >= 0.6 is 15.9 Å². The fraction of sp³-hybridized carbons (Fsp3) is 0.231. The number of carboxylic acids is 1. The molecule has 100 valence electrons. The molecule has 1 heterocycles. The van der Waals surface area contributed by atoms with Crippen molar-refractivity contribution < 1.29 is 14.3 Å². The maximum Gasteiger partial charge on any atom is 0.339 e. The minimum Gasteiger partial charge on any atom is -0.478 e. The van der Waals surface area contributed by atoms with Gasteiger partial charge < -0.3 is 5.11 Å². The van der Waals surface area contributed by atoms with Gasteiger partial charge in [-0.15, -0.1) is 0 Å². The van der Waals surface area contributed by atoms with Crippen molar-refractivity contribution >= 4 is 21.9 Å². The highest BCUT2D eigenvalue weighted by atomic mass is 79.9. The summed E-state index contributed by atoms with van der Waals surface area (Å²) in [5, 5.41) is 13.3. The molecule has 0 aliphatic carbocycles. The summed E-state index contributed by atoms with van der Waals surface area (Å²) < 4.78 is 16.0. The molecule has 0 unspecified atom stereocenters. The maximum atomic E-state index is 13.8. The van der Waals surface area contributed by atoms with E-state index in [9.17, 15) is 14.3 Å². The number of rotatable bonds is 4. The molecule has 6 heteroatoms. The minimum atomic E-state index is -1.11. The zero-order chi connectivity index (χ0) is 14.0. The fourth-order valence-electron chi connectivity index (χ4n) is 1.80. The first kappa shape index (κ1) is 13.7. The number of benzene rings is 1. The lowest BCUT2D eigenvalue weighted by Gasteiger charge is -2.02. The van der Waals surface area contributed by atoms with Gasteiger partial charge in [0.1, 0.15) is 17.1 Å². The van der Waals surface area contributed by atoms with Gasteiger partial charge in [-0.05, 0) is 24.6 Å². The van der Waals surface area contributed by atoms with Crippen LogP contribution in [0.4, 0.5) is 4.39 Å². The van der Waals surface area contributed by atoms with Crippen LogP contribution in [0.25, 0.3) is 11.3 Å². The van der Waals surface area contributed by atoms with Gasteiger partial charge >= 0.3 is 5.97 Å². The van der Waals surface area contributed by atoms with E-state index in [1.54, 1.807) is 6.07 Å². The number of carbonyl (C=O) groups is 1. The number of nitrogens with zero attached hydrogens (tertiary/aromatic N) is 2. The number of hydrogen-bond acceptors (Lipinski definition) is 2. The van der Waals surface area contributed by atoms with Crippen LogP contribution < -0.4 is 0 Å². The van der Waals surface area contributed by atoms with Crippen LogP contribution in [0.3, 0.4) is 0 Å². The molecule has 0 aliphatic rings. The van der Waals surface area contributed by atoms with E-state index in [0.717, 1.165) is 6.42 Å². The molecule has 1 N–H and O–H groups in total. The number of aromatic nitrogens is 2. The topological polar surface area (TPSA) is 55.1 Å². The van der Waals surface area contributed by atoms with Crippen molar-refractivity contribution in [2.45, 2.75) is 19.9 Å². The van der Waals surface area contributed by atoms with E-state index >= 15 is 0 Å². The second-order valence-corrected chi connectivity index (χ2v) is 5.00. The van der Waals surface area contributed by atoms with Crippen LogP contribution in [-0.4, -0.2) is 20.9 Å². The van der Waals surface area contributed by atoms with Crippen molar-refractivity contribution in [1.82, 2.24) is 9.78 Å². The molecular weight excluding hydrogens is 315 g/mol. The molecule has 19 heavy (non-hydrogen) atoms. The van der Waals surface area contributed by atoms with E-state index in [1.807, 2.05) is 6.92 Å². The molecule has 0 bridgehead atoms. The molecule has 0 radical (unpaired) electrons. The van der Waals surface area contributed by atoms with Gasteiger partial charge in [0.25, 0.3) is 0 Å². The van der Waals surface area contributed by atoms with Gasteiger partial charge in [0.05, 0.1) is 0 Å². The average molecular weight is 327 g/mol. The second-order valence-electron chi connectivity index (χ2n) is 4.08. The van der Waals surface area contributed by atoms with E-state index in [4.69, 9.17) is 0 Å². The fourth-order valence-corrected chi connectivity index (χ4v) is 2.16. The largest absolute Gasteiger partial charge is 0.478 e. The zero-order valence-corrected chi connectivity index (χ0v) is 11.8. The third kappa shape index (κ3) is 2.84. The first-order valence-corrected chi connectivity index (χ1v) is 6.58. The Balaban J connectivity index is 2.59. The van der Waals surface area contributed by atoms with E-state index in [0.29, 0.717) is 11.0 Å². The second kappa shape index (κ2) is 5.52. The minimum absolute atomic E-state index is 0.00505. The number of aromatic carboxylic acids is 1. The maximum absolute atomic E-state index is 13.8. The Bertz CT molecular complexity index is 625. The van der Waals surface area contributed by atoms with Crippen LogP contribution in [0.2, 0.25) is 0 Å². The third-order valence-corrected chi connectivity index (χ3v) is 3.12. The van der Waals surface area contributed by atoms with Crippen molar-refractivity contribution in [3.63, 3.8) is 0 Å². The summed E-state index contributed by atoms with van der Waals surface area (Å²) in [7, 11) is 0. The van der Waals surface area contributed by atoms with E-state index in [-0.39, 0.29) is 16.8 Å². The Labute approximate surface area is 118 Å². The van der Waals surface area contributed by atoms with Crippen molar-refractivity contribution in [2.75, 3.05) is 0 Å². The summed E-state index contributed by atoms with van der Waals surface area (Å²) in [6.45, 7) is 2.55. The molecule has 2 rings (SSSR count). The van der Waals surface area contributed by atoms with E-state index in [1.165, 1.54) is 23.0 Å². The zero-order valence-electron chi connectivity index (χ0n) is 10.2. The van der Waals surface area contributed by atoms with Gasteiger partial charge in [0.2, 0.25) is 0 Å². The lowest BCUT2D eigenvalue weighted by Crippen LogP contribution is -1.98. The molecule has 0 spiro atoms. The Morgan fingerprint density at radius 1 is 1.53 bits per heavy atom. The molecule has 1 aromatic carbocycles. The van der Waals surface area contributed by atoms with Crippen LogP contribution in [0, 0.1) is 5.82 Å². The Kier molecular flexibility index (Phi) is 3.99. The normalized spacial score (nSPS) is 10.7. The number of aryl methyl sites for hydroxylation is 1. The molecule has 4 nitrogen and oxygen atoms in total. The predicted octanol–water partition coefficient (Wildman–Crippen LogP) is 3.56. The molecular formula is C13H12BrFN2O2. The number of carboxylic acid groups (broad SMARTS) is 1. The summed E-state index contributed by atoms with van der Waals surface area (Å²) in [5.74, 6) is -1.61. The number of halogens is 2. The summed E-state index contributed by atoms with van der Waals surface area (Å²) in [6, 6.07) is 4.37. The molecule has 0 saturated heterocycles. The highest BCUT2D eigenvalue weighted by Crippen LogP contribution is 2.28. The van der Waals surface area contributed by atoms with Crippen LogP contribution in [-0.2, 0) is 6.54 Å². The van der Waals surface area contributed by atoms with Crippen molar-refractivity contribution in [2.24, 2.45) is 0 Å². The Morgan fingerprint density at radius 2 is 2.26 bits per heavy atom. The summed E-state index contributed by atoms with van der Waals surface area (Å²) in [5.41, 5.74) is 0.340. The molecule has 0 fully saturated rings. The predicted molar refractivity (Wildman–Crippen MR) is 72.6 cm³/mol. The van der Waals surface area contributed by atoms with Crippen LogP contribution in [0.1, 0.15) is 23.7 Å². The molecule has 1 aromatic heterocycles. The van der Waals surface area contributed by atoms with Gasteiger partial charge in [0, 0.05) is 22.8 Å². The number of hydrogen-bond donors (Lipinski definition) is 1. The van der Waals surface area contributed by atoms with Gasteiger partial charge in [-0.2, -0.15) is 5.10 Å². The van der Waals surface area contributed by atoms with Crippen molar-refractivity contribution in [1.29, 1.82) is 0 Å². The molecule has 2 aromatic rings. The van der Waals surface area contributed by atoms with Gasteiger partial charge in [-0.25, -0.2) is 9.18 Å². The van der Waals surface area contributed by atoms with Crippen LogP contribution in [0.5, 0.6) is 0 Å². The lowest BCUT2D eigenvalue weighted by atomic mass is 10.1. The summed E-state index contributed by atoms with van der Waals surface area (Å²) in [6.07, 6.45) is 2.25. The van der Waals surface area contributed by atoms with Gasteiger partial charge in [0.15, 0.2) is 0 Å². The molecule has 0 aliphatic heterocycles. The molecule has 0 atom stereocenters. The van der Waals surface area contributed by atoms with E-state index in [2.05, 4.69) is 21.0 Å². The highest BCUT2D eigenvalue weighted by molar-refractivity contribution is 9.10. The third-order valence-electron chi connectivity index (χ3n) is 2.63. The van der Waals surface area contributed by atoms with E-state index < -0.39 is 11.8 Å². The SMILES string of the molecule is CCCn1cc(C(=O)O)c(-c2cc(Br)ccc2F)n1. The van der Waals surface area contributed by atoms with Gasteiger partial charge in [-0.1, -0.05) is 22.9 Å². The van der Waals surface area contributed by atoms with Crippen LogP contribution in [0.15, 0.2) is 28.9 Å². The Hall–Kier alpha value is -1.69. The summed E-state index contributed by atoms with van der Waals surface area (Å²) >= 11 is 3.24. The first-order valence-electron chi connectivity index (χ1n) is 5.79. The van der Waals surface area contributed by atoms with Crippen molar-refractivity contribution in [3.05, 3.63) is 40.2 Å². The molecule has 0 saturated carbocycles. The van der Waals surface area contributed by atoms with Crippen molar-refractivity contribution in [3.8, 4) is 11.3 Å². The van der Waals surface area contributed by atoms with Gasteiger partial charge in [-0.3, -0.25) is 4.68 Å². The average Bonchev–Trinajstić information content (AvgIpc) is 2.77. The first-order chi connectivity index (χ1) is 9.02. The monoisotopic (exact) mass is 326 g/mol. The Morgan fingerprint density at radius 3 is 2.89 bits per heavy atom. The highest BCUT2D eigenvalue weighted by Gasteiger charge is 2.19. The molecule has 0 amide bonds. The summed E-state index contributed by atoms with van der Waals surface area (Å²) in [4.78, 5) is 11.2.